The molecule has 4 N–H and O–H groups in total. The van der Waals surface area contributed by atoms with Crippen molar-refractivity contribution >= 4 is 0 Å². The van der Waals surface area contributed by atoms with Gasteiger partial charge in [-0.25, -0.2) is 0 Å². The minimum absolute atomic E-state index is 0.0778. The van der Waals surface area contributed by atoms with Crippen LogP contribution < -0.4 is 11.5 Å². The lowest BCUT2D eigenvalue weighted by Gasteiger charge is -2.20. The molecule has 0 aliphatic rings. The average Bonchev–Trinajstić information content (AvgIpc) is 2.62. The maximum absolute atomic E-state index is 6.03. The van der Waals surface area contributed by atoms with E-state index in [1.807, 2.05) is 12.1 Å². The molecule has 1 atom stereocenters. The second-order valence-corrected chi connectivity index (χ2v) is 6.00. The van der Waals surface area contributed by atoms with Gasteiger partial charge in [0.2, 0.25) is 0 Å². The van der Waals surface area contributed by atoms with Gasteiger partial charge in [-0.2, -0.15) is 0 Å². The predicted molar refractivity (Wildman–Crippen MR) is 96.3 cm³/mol. The predicted octanol–water partition coefficient (Wildman–Crippen LogP) is 2.92. The van der Waals surface area contributed by atoms with Crippen molar-refractivity contribution in [1.29, 1.82) is 0 Å². The Morgan fingerprint density at radius 3 is 1.70 bits per heavy atom. The van der Waals surface area contributed by atoms with Gasteiger partial charge in [-0.05, 0) is 36.8 Å². The van der Waals surface area contributed by atoms with Crippen molar-refractivity contribution in [2.24, 2.45) is 11.5 Å². The second kappa shape index (κ2) is 10.2. The Morgan fingerprint density at radius 1 is 0.783 bits per heavy atom. The van der Waals surface area contributed by atoms with E-state index in [0.29, 0.717) is 13.2 Å². The first-order chi connectivity index (χ1) is 11.3. The Bertz CT molecular complexity index is 486. The standard InChI is InChI=1S/C20H28N2O/c21-15-19(22)16-23-20(13-11-17-7-3-1-4-8-17)14-12-18-9-5-2-6-10-18/h1-10,19-20H,11-16,21-22H2. The van der Waals surface area contributed by atoms with Gasteiger partial charge in [-0.1, -0.05) is 60.7 Å². The third kappa shape index (κ3) is 6.95. The van der Waals surface area contributed by atoms with E-state index in [-0.39, 0.29) is 12.1 Å². The number of hydrogen-bond donors (Lipinski definition) is 2. The van der Waals surface area contributed by atoms with Crippen molar-refractivity contribution < 1.29 is 4.74 Å². The van der Waals surface area contributed by atoms with Crippen molar-refractivity contribution in [3.8, 4) is 0 Å². The molecular formula is C20H28N2O. The quantitative estimate of drug-likeness (QED) is 0.709. The lowest BCUT2D eigenvalue weighted by molar-refractivity contribution is 0.0347. The molecule has 0 aliphatic heterocycles. The molecule has 0 spiro atoms. The van der Waals surface area contributed by atoms with Gasteiger partial charge in [-0.3, -0.25) is 0 Å². The Labute approximate surface area is 139 Å². The molecule has 124 valence electrons. The van der Waals surface area contributed by atoms with Crippen LogP contribution in [-0.2, 0) is 17.6 Å². The summed E-state index contributed by atoms with van der Waals surface area (Å²) in [7, 11) is 0. The summed E-state index contributed by atoms with van der Waals surface area (Å²) >= 11 is 0. The minimum Gasteiger partial charge on any atom is -0.377 e. The van der Waals surface area contributed by atoms with E-state index < -0.39 is 0 Å². The number of benzene rings is 2. The summed E-state index contributed by atoms with van der Waals surface area (Å²) in [6.07, 6.45) is 4.28. The summed E-state index contributed by atoms with van der Waals surface area (Å²) in [5, 5.41) is 0. The van der Waals surface area contributed by atoms with Crippen LogP contribution in [0, 0.1) is 0 Å². The fraction of sp³-hybridized carbons (Fsp3) is 0.400. The first kappa shape index (κ1) is 17.7. The van der Waals surface area contributed by atoms with Gasteiger partial charge in [0, 0.05) is 12.6 Å². The molecule has 2 aromatic carbocycles. The van der Waals surface area contributed by atoms with Crippen LogP contribution in [0.3, 0.4) is 0 Å². The molecule has 0 radical (unpaired) electrons. The van der Waals surface area contributed by atoms with Gasteiger partial charge in [0.05, 0.1) is 12.7 Å². The molecule has 0 bridgehead atoms. The highest BCUT2D eigenvalue weighted by molar-refractivity contribution is 5.16. The second-order valence-electron chi connectivity index (χ2n) is 6.00. The topological polar surface area (TPSA) is 61.3 Å². The van der Waals surface area contributed by atoms with Crippen LogP contribution in [-0.4, -0.2) is 25.3 Å². The number of ether oxygens (including phenoxy) is 1. The smallest absolute Gasteiger partial charge is 0.0633 e. The van der Waals surface area contributed by atoms with Crippen LogP contribution in [0.15, 0.2) is 60.7 Å². The van der Waals surface area contributed by atoms with Crippen LogP contribution in [0.1, 0.15) is 24.0 Å². The lowest BCUT2D eigenvalue weighted by Crippen LogP contribution is -2.36. The number of rotatable bonds is 10. The summed E-state index contributed by atoms with van der Waals surface area (Å²) in [5.41, 5.74) is 14.2. The molecule has 0 heterocycles. The maximum atomic E-state index is 6.03. The summed E-state index contributed by atoms with van der Waals surface area (Å²) in [6, 6.07) is 21.0. The van der Waals surface area contributed by atoms with Crippen molar-refractivity contribution in [3.63, 3.8) is 0 Å². The molecule has 0 fully saturated rings. The van der Waals surface area contributed by atoms with E-state index in [0.717, 1.165) is 25.7 Å². The number of aryl methyl sites for hydroxylation is 2. The normalized spacial score (nSPS) is 12.5. The molecule has 0 saturated heterocycles. The fourth-order valence-corrected chi connectivity index (χ4v) is 2.58. The summed E-state index contributed by atoms with van der Waals surface area (Å²) in [4.78, 5) is 0. The molecule has 0 saturated carbocycles. The molecule has 1 unspecified atom stereocenters. The van der Waals surface area contributed by atoms with E-state index >= 15 is 0 Å². The first-order valence-corrected chi connectivity index (χ1v) is 8.43. The maximum Gasteiger partial charge on any atom is 0.0633 e. The van der Waals surface area contributed by atoms with Gasteiger partial charge < -0.3 is 16.2 Å². The van der Waals surface area contributed by atoms with Crippen LogP contribution in [0.4, 0.5) is 0 Å². The van der Waals surface area contributed by atoms with Gasteiger partial charge in [0.1, 0.15) is 0 Å². The molecule has 2 rings (SSSR count). The monoisotopic (exact) mass is 312 g/mol. The fourth-order valence-electron chi connectivity index (χ4n) is 2.58. The van der Waals surface area contributed by atoms with E-state index in [1.54, 1.807) is 0 Å². The molecule has 0 aromatic heterocycles. The molecule has 0 amide bonds. The van der Waals surface area contributed by atoms with E-state index in [1.165, 1.54) is 11.1 Å². The van der Waals surface area contributed by atoms with Crippen molar-refractivity contribution in [1.82, 2.24) is 0 Å². The molecule has 0 aliphatic carbocycles. The Hall–Kier alpha value is -1.68. The molecule has 3 heteroatoms. The Morgan fingerprint density at radius 2 is 1.26 bits per heavy atom. The zero-order valence-corrected chi connectivity index (χ0v) is 13.7. The zero-order valence-electron chi connectivity index (χ0n) is 13.7. The van der Waals surface area contributed by atoms with Gasteiger partial charge in [0.15, 0.2) is 0 Å². The molecule has 2 aromatic rings. The van der Waals surface area contributed by atoms with E-state index in [2.05, 4.69) is 48.5 Å². The minimum atomic E-state index is -0.0778. The van der Waals surface area contributed by atoms with E-state index in [9.17, 15) is 0 Å². The van der Waals surface area contributed by atoms with Crippen LogP contribution >= 0.6 is 0 Å². The van der Waals surface area contributed by atoms with Crippen molar-refractivity contribution in [2.45, 2.75) is 37.8 Å². The average molecular weight is 312 g/mol. The zero-order chi connectivity index (χ0) is 16.3. The Balaban J connectivity index is 1.85. The lowest BCUT2D eigenvalue weighted by atomic mass is 10.0. The van der Waals surface area contributed by atoms with Crippen molar-refractivity contribution in [3.05, 3.63) is 71.8 Å². The van der Waals surface area contributed by atoms with Gasteiger partial charge >= 0.3 is 0 Å². The van der Waals surface area contributed by atoms with Gasteiger partial charge in [-0.15, -0.1) is 0 Å². The third-order valence-corrected chi connectivity index (χ3v) is 4.04. The highest BCUT2D eigenvalue weighted by atomic mass is 16.5. The van der Waals surface area contributed by atoms with Crippen molar-refractivity contribution in [2.75, 3.05) is 13.2 Å². The number of hydrogen-bond acceptors (Lipinski definition) is 3. The Kier molecular flexibility index (Phi) is 7.81. The highest BCUT2D eigenvalue weighted by Crippen LogP contribution is 2.14. The van der Waals surface area contributed by atoms with Crippen LogP contribution in [0.25, 0.3) is 0 Å². The van der Waals surface area contributed by atoms with E-state index in [4.69, 9.17) is 16.2 Å². The SMILES string of the molecule is NCC(N)COC(CCc1ccccc1)CCc1ccccc1. The molecule has 23 heavy (non-hydrogen) atoms. The van der Waals surface area contributed by atoms with Gasteiger partial charge in [0.25, 0.3) is 0 Å². The molecular weight excluding hydrogens is 284 g/mol. The highest BCUT2D eigenvalue weighted by Gasteiger charge is 2.12. The van der Waals surface area contributed by atoms with Crippen LogP contribution in [0.5, 0.6) is 0 Å². The third-order valence-electron chi connectivity index (χ3n) is 4.04. The number of nitrogens with two attached hydrogens (primary N) is 2. The molecule has 3 nitrogen and oxygen atoms in total. The first-order valence-electron chi connectivity index (χ1n) is 8.43. The summed E-state index contributed by atoms with van der Waals surface area (Å²) in [5.74, 6) is 0. The van der Waals surface area contributed by atoms with Crippen LogP contribution in [0.2, 0.25) is 0 Å². The summed E-state index contributed by atoms with van der Waals surface area (Å²) < 4.78 is 6.03. The summed E-state index contributed by atoms with van der Waals surface area (Å²) in [6.45, 7) is 0.995. The largest absolute Gasteiger partial charge is 0.377 e.